The number of rotatable bonds is 8. The zero-order chi connectivity index (χ0) is 40.5. The van der Waals surface area contributed by atoms with Gasteiger partial charge in [0, 0.05) is 11.9 Å². The second-order valence-electron chi connectivity index (χ2n) is 22.7. The van der Waals surface area contributed by atoms with Crippen LogP contribution < -0.4 is 10.2 Å². The second kappa shape index (κ2) is 17.4. The SMILES string of the molecule is C[C@H](CCC(=O)[O-])[C@H]1CC[C@H]2[C@H]3C(CC[C@]12C)[C@@]1(C)CC[C@@H](O)C[C@H]1C[C@H]3O.C[C@H](CCC(=O)[O-])[C@H]1CC[C@H]2[C@H]3C(CC[C@]12C)[C@@]1(C)CC[C@@H](O)C[C@H]1C[C@H]3O.[Mg+2]. The molecular weight excluding hydrogens is 729 g/mol. The predicted octanol–water partition coefficient (Wildman–Crippen LogP) is 5.91. The molecule has 8 aliphatic rings. The first-order valence-electron chi connectivity index (χ1n) is 23.4. The van der Waals surface area contributed by atoms with Crippen molar-refractivity contribution < 1.29 is 40.2 Å². The normalized spacial score (nSPS) is 50.8. The van der Waals surface area contributed by atoms with Crippen molar-refractivity contribution in [2.75, 3.05) is 0 Å². The van der Waals surface area contributed by atoms with Gasteiger partial charge in [0.1, 0.15) is 0 Å². The molecule has 0 radical (unpaired) electrons. The van der Waals surface area contributed by atoms with E-state index in [0.717, 1.165) is 51.4 Å². The average molecular weight is 807 g/mol. The van der Waals surface area contributed by atoms with Crippen molar-refractivity contribution in [2.24, 2.45) is 92.7 Å². The van der Waals surface area contributed by atoms with Crippen LogP contribution in [0.3, 0.4) is 0 Å². The first kappa shape index (κ1) is 46.1. The number of carboxylic acids is 2. The molecule has 4 N–H and O–H groups in total. The number of carboxylic acid groups (broad SMARTS) is 2. The monoisotopic (exact) mass is 807 g/mol. The summed E-state index contributed by atoms with van der Waals surface area (Å²) in [6.07, 6.45) is 17.8. The summed E-state index contributed by atoms with van der Waals surface area (Å²) in [6, 6.07) is 0. The van der Waals surface area contributed by atoms with Crippen molar-refractivity contribution in [3.63, 3.8) is 0 Å². The fourth-order valence-corrected chi connectivity index (χ4v) is 17.4. The minimum Gasteiger partial charge on any atom is -0.550 e. The first-order chi connectivity index (χ1) is 26.3. The maximum atomic E-state index is 11.2. The van der Waals surface area contributed by atoms with Crippen LogP contribution >= 0.6 is 0 Å². The van der Waals surface area contributed by atoms with E-state index in [1.54, 1.807) is 0 Å². The molecule has 2 unspecified atom stereocenters. The zero-order valence-electron chi connectivity index (χ0n) is 36.5. The van der Waals surface area contributed by atoms with E-state index in [1.165, 1.54) is 51.4 Å². The fraction of sp³-hybridized carbons (Fsp3) is 0.958. The minimum absolute atomic E-state index is 0. The van der Waals surface area contributed by atoms with Crippen LogP contribution in [0.15, 0.2) is 0 Å². The molecular formula is C48H78MgO8. The Morgan fingerprint density at radius 2 is 0.860 bits per heavy atom. The quantitative estimate of drug-likeness (QED) is 0.221. The largest absolute Gasteiger partial charge is 2.00 e. The van der Waals surface area contributed by atoms with Gasteiger partial charge in [-0.05, 0) is 221 Å². The molecule has 8 fully saturated rings. The Morgan fingerprint density at radius 3 is 1.21 bits per heavy atom. The van der Waals surface area contributed by atoms with Crippen molar-refractivity contribution in [1.82, 2.24) is 0 Å². The number of carbonyl (C=O) groups excluding carboxylic acids is 2. The molecule has 8 rings (SSSR count). The van der Waals surface area contributed by atoms with Crippen LogP contribution in [0.2, 0.25) is 0 Å². The van der Waals surface area contributed by atoms with Gasteiger partial charge in [-0.25, -0.2) is 0 Å². The van der Waals surface area contributed by atoms with Crippen LogP contribution in [-0.4, -0.2) is 79.8 Å². The number of aliphatic carboxylic acids is 2. The molecule has 0 saturated heterocycles. The number of aliphatic hydroxyl groups is 4. The Hall–Kier alpha value is -0.454. The van der Waals surface area contributed by atoms with Crippen molar-refractivity contribution in [3.8, 4) is 0 Å². The van der Waals surface area contributed by atoms with E-state index in [2.05, 4.69) is 41.5 Å². The molecule has 0 spiro atoms. The standard InChI is InChI=1S/2C24H40O4.Mg/c2*1-14(4-7-21(27)28)17-5-6-18-22-19(9-11-24(17,18)3)23(2)10-8-16(25)12-15(23)13-20(22)26;/h2*14-20,22,25-26H,4-13H2,1-3H3,(H,27,28);/q;;+2/p-2/t2*14-,15+,16-,17-,18+,19?,20-,22+,23+,24-;/m11./s1. The predicted molar refractivity (Wildman–Crippen MR) is 218 cm³/mol. The molecule has 8 nitrogen and oxygen atoms in total. The van der Waals surface area contributed by atoms with Gasteiger partial charge in [0.15, 0.2) is 0 Å². The van der Waals surface area contributed by atoms with E-state index in [1.807, 2.05) is 0 Å². The van der Waals surface area contributed by atoms with E-state index in [-0.39, 0.29) is 82.0 Å². The molecule has 0 amide bonds. The van der Waals surface area contributed by atoms with Gasteiger partial charge in [-0.1, -0.05) is 41.5 Å². The van der Waals surface area contributed by atoms with Crippen LogP contribution in [0.5, 0.6) is 0 Å². The Balaban J connectivity index is 0.000000189. The van der Waals surface area contributed by atoms with Gasteiger partial charge in [0.25, 0.3) is 0 Å². The zero-order valence-corrected chi connectivity index (χ0v) is 37.9. The summed E-state index contributed by atoms with van der Waals surface area (Å²) in [5, 5.41) is 64.7. The number of hydrogen-bond acceptors (Lipinski definition) is 8. The number of aliphatic hydroxyl groups excluding tert-OH is 4. The first-order valence-corrected chi connectivity index (χ1v) is 23.4. The number of hydrogen-bond donors (Lipinski definition) is 4. The van der Waals surface area contributed by atoms with Gasteiger partial charge in [0.05, 0.1) is 24.4 Å². The molecule has 0 heterocycles. The summed E-state index contributed by atoms with van der Waals surface area (Å²) in [6.45, 7) is 14.2. The Morgan fingerprint density at radius 1 is 0.526 bits per heavy atom. The molecule has 0 aromatic rings. The molecule has 57 heavy (non-hydrogen) atoms. The van der Waals surface area contributed by atoms with Gasteiger partial charge in [-0.2, -0.15) is 0 Å². The third-order valence-electron chi connectivity index (χ3n) is 20.4. The van der Waals surface area contributed by atoms with Crippen LogP contribution in [0.25, 0.3) is 0 Å². The maximum absolute atomic E-state index is 11.2. The van der Waals surface area contributed by atoms with Crippen LogP contribution in [-0.2, 0) is 9.59 Å². The van der Waals surface area contributed by atoms with Crippen molar-refractivity contribution >= 4 is 35.0 Å². The summed E-state index contributed by atoms with van der Waals surface area (Å²) < 4.78 is 0. The third kappa shape index (κ3) is 8.18. The molecule has 0 bridgehead atoms. The van der Waals surface area contributed by atoms with E-state index in [4.69, 9.17) is 0 Å². The molecule has 320 valence electrons. The summed E-state index contributed by atoms with van der Waals surface area (Å²) >= 11 is 0. The van der Waals surface area contributed by atoms with Crippen LogP contribution in [0.4, 0.5) is 0 Å². The smallest absolute Gasteiger partial charge is 0.550 e. The Kier molecular flexibility index (Phi) is 14.0. The third-order valence-corrected chi connectivity index (χ3v) is 20.4. The van der Waals surface area contributed by atoms with Gasteiger partial charge < -0.3 is 40.2 Å². The van der Waals surface area contributed by atoms with E-state index in [0.29, 0.717) is 83.9 Å². The van der Waals surface area contributed by atoms with Gasteiger partial charge in [0.2, 0.25) is 0 Å². The van der Waals surface area contributed by atoms with Crippen molar-refractivity contribution in [2.45, 2.75) is 194 Å². The van der Waals surface area contributed by atoms with Gasteiger partial charge >= 0.3 is 23.1 Å². The summed E-state index contributed by atoms with van der Waals surface area (Å²) in [5.41, 5.74) is 0.988. The van der Waals surface area contributed by atoms with Gasteiger partial charge in [-0.15, -0.1) is 0 Å². The van der Waals surface area contributed by atoms with Gasteiger partial charge in [-0.3, -0.25) is 0 Å². The number of carbonyl (C=O) groups is 2. The molecule has 9 heteroatoms. The Labute approximate surface area is 360 Å². The molecule has 8 aliphatic carbocycles. The molecule has 20 atom stereocenters. The summed E-state index contributed by atoms with van der Waals surface area (Å²) in [5.74, 6) is 3.99. The second-order valence-corrected chi connectivity index (χ2v) is 22.7. The van der Waals surface area contributed by atoms with Crippen LogP contribution in [0.1, 0.15) is 170 Å². The maximum Gasteiger partial charge on any atom is 2.00 e. The van der Waals surface area contributed by atoms with Crippen molar-refractivity contribution in [3.05, 3.63) is 0 Å². The molecule has 8 saturated carbocycles. The van der Waals surface area contributed by atoms with E-state index >= 15 is 0 Å². The minimum atomic E-state index is -0.934. The van der Waals surface area contributed by atoms with E-state index in [9.17, 15) is 40.2 Å². The topological polar surface area (TPSA) is 161 Å². The molecule has 0 aliphatic heterocycles. The molecule has 0 aromatic heterocycles. The average Bonchev–Trinajstić information content (AvgIpc) is 3.68. The van der Waals surface area contributed by atoms with Crippen LogP contribution in [0, 0.1) is 92.7 Å². The summed E-state index contributed by atoms with van der Waals surface area (Å²) in [7, 11) is 0. The Bertz CT molecular complexity index is 1320. The fourth-order valence-electron chi connectivity index (χ4n) is 17.4. The number of fused-ring (bicyclic) bond motifs is 10. The van der Waals surface area contributed by atoms with E-state index < -0.39 is 11.9 Å². The molecule has 0 aromatic carbocycles. The summed E-state index contributed by atoms with van der Waals surface area (Å²) in [4.78, 5) is 21.9. The van der Waals surface area contributed by atoms with Crippen molar-refractivity contribution in [1.29, 1.82) is 0 Å².